The fraction of sp³-hybridized carbons (Fsp3) is 0.688. The number of nitrogens with zero attached hydrogens (tertiary/aromatic N) is 3. The lowest BCUT2D eigenvalue weighted by Crippen LogP contribution is -2.50. The monoisotopic (exact) mass is 352 g/mol. The molecule has 1 aromatic heterocycles. The summed E-state index contributed by atoms with van der Waals surface area (Å²) >= 11 is 1.28. The third kappa shape index (κ3) is 3.25. The van der Waals surface area contributed by atoms with Gasteiger partial charge in [0.15, 0.2) is 5.13 Å². The van der Waals surface area contributed by atoms with Crippen molar-refractivity contribution in [3.8, 4) is 0 Å². The van der Waals surface area contributed by atoms with Crippen LogP contribution in [0.5, 0.6) is 0 Å². The van der Waals surface area contributed by atoms with Crippen LogP contribution in [0.3, 0.4) is 0 Å². The molecule has 0 aromatic carbocycles. The van der Waals surface area contributed by atoms with Gasteiger partial charge in [0, 0.05) is 44.1 Å². The van der Waals surface area contributed by atoms with E-state index in [1.165, 1.54) is 11.3 Å². The van der Waals surface area contributed by atoms with Gasteiger partial charge in [-0.3, -0.25) is 9.59 Å². The highest BCUT2D eigenvalue weighted by Crippen LogP contribution is 2.39. The first kappa shape index (κ1) is 17.2. The van der Waals surface area contributed by atoms with Gasteiger partial charge >= 0.3 is 0 Å². The summed E-state index contributed by atoms with van der Waals surface area (Å²) in [6.07, 6.45) is 2.51. The van der Waals surface area contributed by atoms with Crippen LogP contribution in [-0.4, -0.2) is 66.0 Å². The maximum Gasteiger partial charge on any atom is 0.273 e. The van der Waals surface area contributed by atoms with Gasteiger partial charge in [0.2, 0.25) is 0 Å². The average Bonchev–Trinajstić information content (AvgIpc) is 3.20. The van der Waals surface area contributed by atoms with Gasteiger partial charge in [-0.1, -0.05) is 0 Å². The number of carbonyl (C=O) groups excluding carboxylic acids is 2. The molecule has 8 heteroatoms. The summed E-state index contributed by atoms with van der Waals surface area (Å²) < 4.78 is 5.16. The average molecular weight is 352 g/mol. The van der Waals surface area contributed by atoms with Crippen LogP contribution < -0.4 is 5.73 Å². The summed E-state index contributed by atoms with van der Waals surface area (Å²) in [5.74, 6) is -0.0258. The SMILES string of the molecule is CO[C@H](C)C(=O)N1CCCC2(CCN(C(=O)c3csc(N)n3)C2)C1. The van der Waals surface area contributed by atoms with Crippen LogP contribution in [0.15, 0.2) is 5.38 Å². The van der Waals surface area contributed by atoms with Gasteiger partial charge in [0.05, 0.1) is 0 Å². The Balaban J connectivity index is 1.67. The number of rotatable bonds is 3. The number of piperidine rings is 1. The van der Waals surface area contributed by atoms with Crippen molar-refractivity contribution in [1.29, 1.82) is 0 Å². The van der Waals surface area contributed by atoms with Crippen molar-refractivity contribution in [2.75, 3.05) is 39.0 Å². The fourth-order valence-electron chi connectivity index (χ4n) is 3.74. The lowest BCUT2D eigenvalue weighted by molar-refractivity contribution is -0.144. The first-order valence-electron chi connectivity index (χ1n) is 8.26. The Morgan fingerprint density at radius 3 is 2.75 bits per heavy atom. The number of aromatic nitrogens is 1. The summed E-state index contributed by atoms with van der Waals surface area (Å²) in [7, 11) is 1.55. The van der Waals surface area contributed by atoms with Crippen LogP contribution >= 0.6 is 11.3 Å². The first-order chi connectivity index (χ1) is 11.4. The summed E-state index contributed by atoms with van der Waals surface area (Å²) in [5, 5.41) is 2.12. The maximum absolute atomic E-state index is 12.6. The van der Waals surface area contributed by atoms with Crippen molar-refractivity contribution in [3.05, 3.63) is 11.1 Å². The number of likely N-dealkylation sites (tertiary alicyclic amines) is 2. The number of thiazole rings is 1. The van der Waals surface area contributed by atoms with E-state index in [9.17, 15) is 9.59 Å². The Morgan fingerprint density at radius 1 is 1.33 bits per heavy atom. The molecule has 3 heterocycles. The number of hydrogen-bond acceptors (Lipinski definition) is 6. The minimum absolute atomic E-state index is 0.00139. The zero-order chi connectivity index (χ0) is 17.3. The molecule has 1 unspecified atom stereocenters. The van der Waals surface area contributed by atoms with Crippen LogP contribution in [-0.2, 0) is 9.53 Å². The first-order valence-corrected chi connectivity index (χ1v) is 9.14. The van der Waals surface area contributed by atoms with E-state index >= 15 is 0 Å². The molecule has 0 aliphatic carbocycles. The van der Waals surface area contributed by atoms with Crippen molar-refractivity contribution < 1.29 is 14.3 Å². The quantitative estimate of drug-likeness (QED) is 0.883. The van der Waals surface area contributed by atoms with Crippen LogP contribution in [0, 0.1) is 5.41 Å². The van der Waals surface area contributed by atoms with E-state index in [1.807, 2.05) is 9.80 Å². The predicted molar refractivity (Wildman–Crippen MR) is 91.8 cm³/mol. The molecule has 2 N–H and O–H groups in total. The molecule has 2 aliphatic heterocycles. The number of amides is 2. The van der Waals surface area contributed by atoms with Gasteiger partial charge in [-0.15, -0.1) is 11.3 Å². The highest BCUT2D eigenvalue weighted by Gasteiger charge is 2.44. The van der Waals surface area contributed by atoms with Crippen molar-refractivity contribution in [3.63, 3.8) is 0 Å². The molecule has 24 heavy (non-hydrogen) atoms. The van der Waals surface area contributed by atoms with Crippen molar-refractivity contribution in [1.82, 2.24) is 14.8 Å². The number of ether oxygens (including phenoxy) is 1. The molecule has 2 atom stereocenters. The maximum atomic E-state index is 12.6. The summed E-state index contributed by atoms with van der Waals surface area (Å²) in [6, 6.07) is 0. The van der Waals surface area contributed by atoms with Gasteiger partial charge in [0.25, 0.3) is 11.8 Å². The Labute approximate surface area is 145 Å². The number of nitrogen functional groups attached to an aromatic ring is 1. The molecule has 3 rings (SSSR count). The Hall–Kier alpha value is -1.67. The Bertz CT molecular complexity index is 635. The zero-order valence-corrected chi connectivity index (χ0v) is 15.0. The number of hydrogen-bond donors (Lipinski definition) is 1. The van der Waals surface area contributed by atoms with E-state index in [-0.39, 0.29) is 17.2 Å². The van der Waals surface area contributed by atoms with Crippen molar-refractivity contribution in [2.45, 2.75) is 32.3 Å². The molecule has 132 valence electrons. The molecule has 0 saturated carbocycles. The minimum Gasteiger partial charge on any atom is -0.375 e. The van der Waals surface area contributed by atoms with E-state index < -0.39 is 6.10 Å². The topological polar surface area (TPSA) is 88.8 Å². The highest BCUT2D eigenvalue weighted by molar-refractivity contribution is 7.13. The number of anilines is 1. The second-order valence-corrected chi connectivity index (χ2v) is 7.68. The van der Waals surface area contributed by atoms with Crippen molar-refractivity contribution in [2.24, 2.45) is 5.41 Å². The molecule has 1 spiro atoms. The van der Waals surface area contributed by atoms with E-state index in [0.29, 0.717) is 30.5 Å². The number of nitrogens with two attached hydrogens (primary N) is 1. The Kier molecular flexibility index (Phi) is 4.78. The molecule has 2 amide bonds. The van der Waals surface area contributed by atoms with E-state index in [0.717, 1.165) is 25.8 Å². The summed E-state index contributed by atoms with van der Waals surface area (Å²) in [5.41, 5.74) is 6.05. The van der Waals surface area contributed by atoms with Crippen LogP contribution in [0.2, 0.25) is 0 Å². The normalized spacial score (nSPS) is 25.2. The molecule has 1 aromatic rings. The summed E-state index contributed by atoms with van der Waals surface area (Å²) in [4.78, 5) is 32.8. The van der Waals surface area contributed by atoms with Crippen LogP contribution in [0.1, 0.15) is 36.7 Å². The lowest BCUT2D eigenvalue weighted by Gasteiger charge is -2.41. The molecule has 7 nitrogen and oxygen atoms in total. The third-order valence-electron chi connectivity index (χ3n) is 5.14. The van der Waals surface area contributed by atoms with E-state index in [4.69, 9.17) is 10.5 Å². The van der Waals surface area contributed by atoms with Gasteiger partial charge in [-0.25, -0.2) is 4.98 Å². The van der Waals surface area contributed by atoms with E-state index in [2.05, 4.69) is 4.98 Å². The van der Waals surface area contributed by atoms with Gasteiger partial charge in [0.1, 0.15) is 11.8 Å². The molecule has 2 aliphatic rings. The molecule has 0 radical (unpaired) electrons. The molecular weight excluding hydrogens is 328 g/mol. The van der Waals surface area contributed by atoms with Crippen molar-refractivity contribution >= 4 is 28.3 Å². The lowest BCUT2D eigenvalue weighted by atomic mass is 9.79. The molecular formula is C16H24N4O3S. The number of carbonyl (C=O) groups is 2. The smallest absolute Gasteiger partial charge is 0.273 e. The zero-order valence-electron chi connectivity index (χ0n) is 14.2. The van der Waals surface area contributed by atoms with Gasteiger partial charge in [-0.2, -0.15) is 0 Å². The largest absolute Gasteiger partial charge is 0.375 e. The molecule has 2 saturated heterocycles. The van der Waals surface area contributed by atoms with Crippen LogP contribution in [0.4, 0.5) is 5.13 Å². The minimum atomic E-state index is -0.419. The fourth-order valence-corrected chi connectivity index (χ4v) is 4.28. The van der Waals surface area contributed by atoms with Gasteiger partial charge < -0.3 is 20.3 Å². The third-order valence-corrected chi connectivity index (χ3v) is 5.81. The summed E-state index contributed by atoms with van der Waals surface area (Å²) in [6.45, 7) is 4.63. The molecule has 0 bridgehead atoms. The standard InChI is InChI=1S/C16H24N4O3S/c1-11(23-2)13(21)19-6-3-4-16(9-19)5-7-20(10-16)14(22)12-8-24-15(17)18-12/h8,11H,3-7,9-10H2,1-2H3,(H2,17,18)/t11-,16?/m1/s1. The van der Waals surface area contributed by atoms with Gasteiger partial charge in [-0.05, 0) is 26.2 Å². The van der Waals surface area contributed by atoms with E-state index in [1.54, 1.807) is 19.4 Å². The second-order valence-electron chi connectivity index (χ2n) is 6.79. The number of methoxy groups -OCH3 is 1. The van der Waals surface area contributed by atoms with Crippen LogP contribution in [0.25, 0.3) is 0 Å². The highest BCUT2D eigenvalue weighted by atomic mass is 32.1. The Morgan fingerprint density at radius 2 is 2.08 bits per heavy atom. The predicted octanol–water partition coefficient (Wildman–Crippen LogP) is 1.21. The molecule has 2 fully saturated rings. The second kappa shape index (κ2) is 6.68.